The number of guanidine groups is 1. The van der Waals surface area contributed by atoms with Crippen LogP contribution in [0.2, 0.25) is 0 Å². The zero-order chi connectivity index (χ0) is 20.8. The summed E-state index contributed by atoms with van der Waals surface area (Å²) in [6.07, 6.45) is 1.69. The van der Waals surface area contributed by atoms with Gasteiger partial charge in [0.1, 0.15) is 5.60 Å². The number of para-hydroxylation sites is 1. The molecule has 3 N–H and O–H groups in total. The Kier molecular flexibility index (Phi) is 10.8. The van der Waals surface area contributed by atoms with Gasteiger partial charge in [0.2, 0.25) is 0 Å². The molecule has 0 spiro atoms. The van der Waals surface area contributed by atoms with Crippen molar-refractivity contribution in [1.82, 2.24) is 16.0 Å². The van der Waals surface area contributed by atoms with Gasteiger partial charge >= 0.3 is 6.09 Å². The Hall–Kier alpha value is -2.44. The molecule has 7 heteroatoms. The SMILES string of the molecule is CCNC(=NCCCCN(C)c1ccccc1)NCCNC(=O)OC(C)(C)C. The number of carbonyl (C=O) groups excluding carboxylic acids is 1. The van der Waals surface area contributed by atoms with E-state index in [4.69, 9.17) is 4.74 Å². The summed E-state index contributed by atoms with van der Waals surface area (Å²) in [7, 11) is 2.11. The first kappa shape index (κ1) is 23.6. The van der Waals surface area contributed by atoms with Crippen LogP contribution in [0.15, 0.2) is 35.3 Å². The molecule has 1 amide bonds. The summed E-state index contributed by atoms with van der Waals surface area (Å²) in [6, 6.07) is 10.4. The van der Waals surface area contributed by atoms with E-state index in [1.54, 1.807) is 0 Å². The number of hydrogen-bond acceptors (Lipinski definition) is 4. The van der Waals surface area contributed by atoms with E-state index in [0.29, 0.717) is 13.1 Å². The van der Waals surface area contributed by atoms with E-state index in [1.807, 2.05) is 33.8 Å². The molecule has 0 aliphatic heterocycles. The molecule has 1 aromatic carbocycles. The zero-order valence-corrected chi connectivity index (χ0v) is 18.0. The van der Waals surface area contributed by atoms with Gasteiger partial charge in [-0.15, -0.1) is 0 Å². The van der Waals surface area contributed by atoms with Gasteiger partial charge in [-0.3, -0.25) is 4.99 Å². The number of nitrogens with zero attached hydrogens (tertiary/aromatic N) is 2. The smallest absolute Gasteiger partial charge is 0.407 e. The first-order valence-corrected chi connectivity index (χ1v) is 10.1. The number of nitrogens with one attached hydrogen (secondary N) is 3. The average Bonchev–Trinajstić information content (AvgIpc) is 2.64. The summed E-state index contributed by atoms with van der Waals surface area (Å²) in [5, 5.41) is 9.17. The van der Waals surface area contributed by atoms with Crippen LogP contribution in [0.25, 0.3) is 0 Å². The average molecular weight is 392 g/mol. The molecule has 1 aromatic rings. The van der Waals surface area contributed by atoms with Crippen LogP contribution in [0.1, 0.15) is 40.5 Å². The maximum atomic E-state index is 11.6. The van der Waals surface area contributed by atoms with Gasteiger partial charge in [-0.25, -0.2) is 4.79 Å². The summed E-state index contributed by atoms with van der Waals surface area (Å²) in [6.45, 7) is 11.2. The Labute approximate surface area is 169 Å². The predicted octanol–water partition coefficient (Wildman–Crippen LogP) is 2.98. The number of hydrogen-bond donors (Lipinski definition) is 3. The Morgan fingerprint density at radius 1 is 1.07 bits per heavy atom. The van der Waals surface area contributed by atoms with E-state index in [1.165, 1.54) is 5.69 Å². The van der Waals surface area contributed by atoms with Gasteiger partial charge in [0, 0.05) is 45.5 Å². The van der Waals surface area contributed by atoms with Crippen LogP contribution in [0.3, 0.4) is 0 Å². The van der Waals surface area contributed by atoms with Crippen LogP contribution in [0, 0.1) is 0 Å². The second kappa shape index (κ2) is 12.9. The maximum Gasteiger partial charge on any atom is 0.407 e. The number of anilines is 1. The third-order valence-electron chi connectivity index (χ3n) is 3.80. The van der Waals surface area contributed by atoms with Gasteiger partial charge < -0.3 is 25.6 Å². The second-order valence-electron chi connectivity index (χ2n) is 7.58. The highest BCUT2D eigenvalue weighted by atomic mass is 16.6. The molecule has 0 aliphatic carbocycles. The highest BCUT2D eigenvalue weighted by Gasteiger charge is 2.15. The summed E-state index contributed by atoms with van der Waals surface area (Å²) in [4.78, 5) is 18.5. The zero-order valence-electron chi connectivity index (χ0n) is 18.0. The van der Waals surface area contributed by atoms with Gasteiger partial charge in [0.05, 0.1) is 0 Å². The van der Waals surface area contributed by atoms with Crippen LogP contribution in [-0.4, -0.2) is 57.4 Å². The first-order valence-electron chi connectivity index (χ1n) is 10.1. The van der Waals surface area contributed by atoms with Gasteiger partial charge in [-0.2, -0.15) is 0 Å². The van der Waals surface area contributed by atoms with Gasteiger partial charge in [0.25, 0.3) is 0 Å². The Morgan fingerprint density at radius 3 is 2.39 bits per heavy atom. The third kappa shape index (κ3) is 11.3. The van der Waals surface area contributed by atoms with Gasteiger partial charge in [0.15, 0.2) is 5.96 Å². The fourth-order valence-electron chi connectivity index (χ4n) is 2.46. The van der Waals surface area contributed by atoms with Crippen LogP contribution in [0.4, 0.5) is 10.5 Å². The Bertz CT molecular complexity index is 584. The minimum absolute atomic E-state index is 0.404. The number of carbonyl (C=O) groups is 1. The second-order valence-corrected chi connectivity index (χ2v) is 7.58. The van der Waals surface area contributed by atoms with Crippen molar-refractivity contribution in [1.29, 1.82) is 0 Å². The predicted molar refractivity (Wildman–Crippen MR) is 117 cm³/mol. The molecule has 7 nitrogen and oxygen atoms in total. The molecular formula is C21H37N5O2. The molecule has 1 rings (SSSR count). The summed E-state index contributed by atoms with van der Waals surface area (Å²) in [5.74, 6) is 0.768. The topological polar surface area (TPSA) is 78.0 Å². The standard InChI is InChI=1S/C21H37N5O2/c1-6-22-19(24-15-16-25-20(27)28-21(2,3)4)23-14-10-11-17-26(5)18-12-8-7-9-13-18/h7-9,12-13H,6,10-11,14-17H2,1-5H3,(H,25,27)(H2,22,23,24). The van der Waals surface area contributed by atoms with Crippen LogP contribution < -0.4 is 20.9 Å². The minimum atomic E-state index is -0.484. The molecule has 158 valence electrons. The number of unbranched alkanes of at least 4 members (excludes halogenated alkanes) is 1. The lowest BCUT2D eigenvalue weighted by Crippen LogP contribution is -2.42. The largest absolute Gasteiger partial charge is 0.444 e. The number of alkyl carbamates (subject to hydrolysis) is 1. The number of benzene rings is 1. The Balaban J connectivity index is 2.23. The van der Waals surface area contributed by atoms with Crippen molar-refractivity contribution in [3.8, 4) is 0 Å². The molecule has 0 bridgehead atoms. The number of rotatable bonds is 10. The number of aliphatic imine (C=N–C) groups is 1. The molecule has 0 atom stereocenters. The van der Waals surface area contributed by atoms with E-state index >= 15 is 0 Å². The van der Waals surface area contributed by atoms with Crippen LogP contribution in [-0.2, 0) is 4.74 Å². The van der Waals surface area contributed by atoms with Crippen molar-refractivity contribution < 1.29 is 9.53 Å². The molecule has 0 fully saturated rings. The van der Waals surface area contributed by atoms with E-state index in [0.717, 1.165) is 38.4 Å². The molecule has 0 saturated carbocycles. The molecular weight excluding hydrogens is 354 g/mol. The van der Waals surface area contributed by atoms with Gasteiger partial charge in [-0.05, 0) is 52.7 Å². The molecule has 0 radical (unpaired) electrons. The lowest BCUT2D eigenvalue weighted by atomic mass is 10.2. The lowest BCUT2D eigenvalue weighted by molar-refractivity contribution is 0.0529. The first-order chi connectivity index (χ1) is 13.3. The van der Waals surface area contributed by atoms with Crippen LogP contribution >= 0.6 is 0 Å². The molecule has 28 heavy (non-hydrogen) atoms. The van der Waals surface area contributed by atoms with Crippen molar-refractivity contribution in [2.45, 2.75) is 46.1 Å². The van der Waals surface area contributed by atoms with Crippen molar-refractivity contribution >= 4 is 17.7 Å². The molecule has 0 unspecified atom stereocenters. The van der Waals surface area contributed by atoms with Crippen molar-refractivity contribution in [2.24, 2.45) is 4.99 Å². The normalized spacial score (nSPS) is 11.7. The quantitative estimate of drug-likeness (QED) is 0.325. The fraction of sp³-hybridized carbons (Fsp3) is 0.619. The number of amides is 1. The molecule has 0 heterocycles. The van der Waals surface area contributed by atoms with E-state index in [-0.39, 0.29) is 0 Å². The molecule has 0 saturated heterocycles. The van der Waals surface area contributed by atoms with Crippen molar-refractivity contribution in [2.75, 3.05) is 44.7 Å². The van der Waals surface area contributed by atoms with Crippen LogP contribution in [0.5, 0.6) is 0 Å². The van der Waals surface area contributed by atoms with E-state index in [9.17, 15) is 4.79 Å². The monoisotopic (exact) mass is 391 g/mol. The summed E-state index contributed by atoms with van der Waals surface area (Å²) >= 11 is 0. The van der Waals surface area contributed by atoms with Crippen molar-refractivity contribution in [3.05, 3.63) is 30.3 Å². The summed E-state index contributed by atoms with van der Waals surface area (Å²) < 4.78 is 5.21. The maximum absolute atomic E-state index is 11.6. The highest BCUT2D eigenvalue weighted by molar-refractivity contribution is 5.79. The Morgan fingerprint density at radius 2 is 1.75 bits per heavy atom. The van der Waals surface area contributed by atoms with Crippen molar-refractivity contribution in [3.63, 3.8) is 0 Å². The van der Waals surface area contributed by atoms with E-state index < -0.39 is 11.7 Å². The lowest BCUT2D eigenvalue weighted by Gasteiger charge is -2.20. The summed E-state index contributed by atoms with van der Waals surface area (Å²) in [5.41, 5.74) is 0.751. The van der Waals surface area contributed by atoms with Gasteiger partial charge in [-0.1, -0.05) is 18.2 Å². The number of ether oxygens (including phenoxy) is 1. The fourth-order valence-corrected chi connectivity index (χ4v) is 2.46. The molecule has 0 aromatic heterocycles. The van der Waals surface area contributed by atoms with E-state index in [2.05, 4.69) is 57.2 Å². The highest BCUT2D eigenvalue weighted by Crippen LogP contribution is 2.11. The minimum Gasteiger partial charge on any atom is -0.444 e. The third-order valence-corrected chi connectivity index (χ3v) is 3.80. The molecule has 0 aliphatic rings.